The number of carbonyl (C=O) groups excluding carboxylic acids is 1. The summed E-state index contributed by atoms with van der Waals surface area (Å²) in [4.78, 5) is 17.6. The molecule has 4 rings (SSSR count). The first-order valence-electron chi connectivity index (χ1n) is 9.60. The summed E-state index contributed by atoms with van der Waals surface area (Å²) in [6.45, 7) is 5.89. The number of anilines is 1. The number of carbonyl (C=O) groups is 1. The molecule has 0 fully saturated rings. The largest absolute Gasteiger partial charge is 0.496 e. The summed E-state index contributed by atoms with van der Waals surface area (Å²) in [5.74, 6) is 0.647. The average Bonchev–Trinajstić information content (AvgIpc) is 3.13. The standard InChI is InChI=1S/C24H20BrClN2O3/c1-12-7-13(2)22-20(8-12)28-24(31-22)15-5-6-18(26)19(10-15)27-23(29)17-11-16(25)9-14(3)21(17)30-4/h5-11H,1-4H3,(H,27,29). The van der Waals surface area contributed by atoms with Crippen molar-refractivity contribution in [3.63, 3.8) is 0 Å². The third-order valence-corrected chi connectivity index (χ3v) is 5.76. The van der Waals surface area contributed by atoms with Crippen molar-refractivity contribution in [1.82, 2.24) is 4.98 Å². The maximum absolute atomic E-state index is 13.0. The second kappa shape index (κ2) is 8.36. The minimum absolute atomic E-state index is 0.329. The van der Waals surface area contributed by atoms with Crippen LogP contribution in [0, 0.1) is 20.8 Å². The van der Waals surface area contributed by atoms with Gasteiger partial charge >= 0.3 is 0 Å². The Labute approximate surface area is 193 Å². The van der Waals surface area contributed by atoms with Crippen molar-refractivity contribution in [2.75, 3.05) is 12.4 Å². The minimum atomic E-state index is -0.329. The Morgan fingerprint density at radius 3 is 2.61 bits per heavy atom. The molecule has 31 heavy (non-hydrogen) atoms. The van der Waals surface area contributed by atoms with E-state index in [1.807, 2.05) is 39.0 Å². The summed E-state index contributed by atoms with van der Waals surface area (Å²) in [5.41, 5.74) is 6.10. The predicted octanol–water partition coefficient (Wildman–Crippen LogP) is 7.10. The molecule has 5 nitrogen and oxygen atoms in total. The number of aromatic nitrogens is 1. The molecule has 0 spiro atoms. The molecule has 1 heterocycles. The first-order valence-corrected chi connectivity index (χ1v) is 10.8. The zero-order valence-corrected chi connectivity index (χ0v) is 19.8. The highest BCUT2D eigenvalue weighted by molar-refractivity contribution is 9.10. The summed E-state index contributed by atoms with van der Waals surface area (Å²) in [5, 5.41) is 3.29. The maximum Gasteiger partial charge on any atom is 0.259 e. The van der Waals surface area contributed by atoms with Crippen LogP contribution in [0.25, 0.3) is 22.6 Å². The Morgan fingerprint density at radius 1 is 1.10 bits per heavy atom. The van der Waals surface area contributed by atoms with Crippen LogP contribution in [0.1, 0.15) is 27.0 Å². The zero-order chi connectivity index (χ0) is 22.3. The van der Waals surface area contributed by atoms with E-state index in [-0.39, 0.29) is 5.91 Å². The Hall–Kier alpha value is -2.83. The predicted molar refractivity (Wildman–Crippen MR) is 127 cm³/mol. The molecule has 0 bridgehead atoms. The molecular weight excluding hydrogens is 480 g/mol. The topological polar surface area (TPSA) is 64.4 Å². The number of oxazole rings is 1. The molecule has 1 N–H and O–H groups in total. The molecule has 1 aromatic heterocycles. The molecule has 0 unspecified atom stereocenters. The summed E-state index contributed by atoms with van der Waals surface area (Å²) < 4.78 is 12.2. The Kier molecular flexibility index (Phi) is 5.77. The van der Waals surface area contributed by atoms with Crippen molar-refractivity contribution in [2.45, 2.75) is 20.8 Å². The highest BCUT2D eigenvalue weighted by Crippen LogP contribution is 2.33. The fourth-order valence-electron chi connectivity index (χ4n) is 3.61. The van der Waals surface area contributed by atoms with Gasteiger partial charge < -0.3 is 14.5 Å². The number of nitrogens with zero attached hydrogens (tertiary/aromatic N) is 1. The quantitative estimate of drug-likeness (QED) is 0.325. The monoisotopic (exact) mass is 498 g/mol. The van der Waals surface area contributed by atoms with Gasteiger partial charge in [-0.25, -0.2) is 4.98 Å². The van der Waals surface area contributed by atoms with Gasteiger partial charge in [0.05, 0.1) is 23.4 Å². The number of amides is 1. The van der Waals surface area contributed by atoms with Crippen LogP contribution in [0.5, 0.6) is 5.75 Å². The van der Waals surface area contributed by atoms with E-state index in [2.05, 4.69) is 32.3 Å². The lowest BCUT2D eigenvalue weighted by atomic mass is 10.1. The van der Waals surface area contributed by atoms with Crippen LogP contribution >= 0.6 is 27.5 Å². The zero-order valence-electron chi connectivity index (χ0n) is 17.5. The number of fused-ring (bicyclic) bond motifs is 1. The van der Waals surface area contributed by atoms with Crippen LogP contribution < -0.4 is 10.1 Å². The molecule has 3 aromatic carbocycles. The smallest absolute Gasteiger partial charge is 0.259 e. The van der Waals surface area contributed by atoms with Gasteiger partial charge in [0.2, 0.25) is 5.89 Å². The number of benzene rings is 3. The fraction of sp³-hybridized carbons (Fsp3) is 0.167. The van der Waals surface area contributed by atoms with Crippen LogP contribution in [0.4, 0.5) is 5.69 Å². The number of halogens is 2. The van der Waals surface area contributed by atoms with E-state index in [1.165, 1.54) is 7.11 Å². The van der Waals surface area contributed by atoms with E-state index in [0.29, 0.717) is 33.5 Å². The average molecular weight is 500 g/mol. The van der Waals surface area contributed by atoms with E-state index < -0.39 is 0 Å². The number of rotatable bonds is 4. The number of nitrogens with one attached hydrogen (secondary N) is 1. The molecule has 1 amide bonds. The van der Waals surface area contributed by atoms with E-state index in [9.17, 15) is 4.79 Å². The van der Waals surface area contributed by atoms with Crippen molar-refractivity contribution in [1.29, 1.82) is 0 Å². The Balaban J connectivity index is 1.71. The van der Waals surface area contributed by atoms with Crippen LogP contribution in [-0.2, 0) is 0 Å². The summed E-state index contributed by atoms with van der Waals surface area (Å²) in [6.07, 6.45) is 0. The van der Waals surface area contributed by atoms with Gasteiger partial charge in [-0.1, -0.05) is 33.6 Å². The third-order valence-electron chi connectivity index (χ3n) is 4.97. The lowest BCUT2D eigenvalue weighted by molar-refractivity contribution is 0.102. The first kappa shape index (κ1) is 21.4. The highest BCUT2D eigenvalue weighted by atomic mass is 79.9. The van der Waals surface area contributed by atoms with Crippen molar-refractivity contribution in [3.05, 3.63) is 74.2 Å². The minimum Gasteiger partial charge on any atom is -0.496 e. The third kappa shape index (κ3) is 4.18. The number of hydrogen-bond acceptors (Lipinski definition) is 4. The SMILES string of the molecule is COc1c(C)cc(Br)cc1C(=O)Nc1cc(-c2nc3cc(C)cc(C)c3o2)ccc1Cl. The Bertz CT molecular complexity index is 1330. The number of hydrogen-bond donors (Lipinski definition) is 1. The fourth-order valence-corrected chi connectivity index (χ4v) is 4.35. The summed E-state index contributed by atoms with van der Waals surface area (Å²) in [7, 11) is 1.54. The van der Waals surface area contributed by atoms with Crippen molar-refractivity contribution >= 4 is 50.2 Å². The highest BCUT2D eigenvalue weighted by Gasteiger charge is 2.18. The number of ether oxygens (including phenoxy) is 1. The molecule has 7 heteroatoms. The molecule has 0 aliphatic carbocycles. The molecule has 158 valence electrons. The second-order valence-corrected chi connectivity index (χ2v) is 8.72. The van der Waals surface area contributed by atoms with E-state index in [0.717, 1.165) is 32.3 Å². The Morgan fingerprint density at radius 2 is 1.87 bits per heavy atom. The summed E-state index contributed by atoms with van der Waals surface area (Å²) in [6, 6.07) is 12.9. The molecule has 0 saturated carbocycles. The van der Waals surface area contributed by atoms with Crippen LogP contribution in [-0.4, -0.2) is 18.0 Å². The van der Waals surface area contributed by atoms with Crippen LogP contribution in [0.2, 0.25) is 5.02 Å². The molecule has 0 radical (unpaired) electrons. The number of methoxy groups -OCH3 is 1. The van der Waals surface area contributed by atoms with Gasteiger partial charge in [-0.2, -0.15) is 0 Å². The molecule has 0 atom stereocenters. The van der Waals surface area contributed by atoms with Crippen molar-refractivity contribution in [2.24, 2.45) is 0 Å². The van der Waals surface area contributed by atoms with Gasteiger partial charge in [0.1, 0.15) is 11.3 Å². The first-order chi connectivity index (χ1) is 14.8. The van der Waals surface area contributed by atoms with Crippen molar-refractivity contribution < 1.29 is 13.9 Å². The van der Waals surface area contributed by atoms with Crippen molar-refractivity contribution in [3.8, 4) is 17.2 Å². The summed E-state index contributed by atoms with van der Waals surface area (Å²) >= 11 is 9.80. The lowest BCUT2D eigenvalue weighted by Crippen LogP contribution is -2.14. The van der Waals surface area contributed by atoms with E-state index in [1.54, 1.807) is 18.2 Å². The number of aryl methyl sites for hydroxylation is 3. The molecule has 0 aliphatic heterocycles. The van der Waals surface area contributed by atoms with Crippen LogP contribution in [0.15, 0.2) is 51.4 Å². The normalized spacial score (nSPS) is 11.0. The van der Waals surface area contributed by atoms with Crippen LogP contribution in [0.3, 0.4) is 0 Å². The van der Waals surface area contributed by atoms with Gasteiger partial charge in [0.15, 0.2) is 5.58 Å². The molecule has 4 aromatic rings. The molecular formula is C24H20BrClN2O3. The molecule has 0 aliphatic rings. The van der Waals surface area contributed by atoms with Gasteiger partial charge in [0, 0.05) is 10.0 Å². The van der Waals surface area contributed by atoms with Gasteiger partial charge in [0.25, 0.3) is 5.91 Å². The molecule has 0 saturated heterocycles. The van der Waals surface area contributed by atoms with E-state index >= 15 is 0 Å². The lowest BCUT2D eigenvalue weighted by Gasteiger charge is -2.13. The van der Waals surface area contributed by atoms with E-state index in [4.69, 9.17) is 20.8 Å². The maximum atomic E-state index is 13.0. The van der Waals surface area contributed by atoms with Gasteiger partial charge in [-0.3, -0.25) is 4.79 Å². The van der Waals surface area contributed by atoms with Gasteiger partial charge in [-0.15, -0.1) is 0 Å². The second-order valence-electron chi connectivity index (χ2n) is 7.40. The van der Waals surface area contributed by atoms with Gasteiger partial charge in [-0.05, 0) is 73.9 Å².